The van der Waals surface area contributed by atoms with E-state index in [9.17, 15) is 0 Å². The van der Waals surface area contributed by atoms with Crippen LogP contribution in [0.15, 0.2) is 67.0 Å². The molecule has 2 fully saturated rings. The molecule has 4 nitrogen and oxygen atoms in total. The van der Waals surface area contributed by atoms with Gasteiger partial charge in [0.15, 0.2) is 5.11 Å². The first-order valence-corrected chi connectivity index (χ1v) is 12.3. The van der Waals surface area contributed by atoms with Crippen LogP contribution in [0.1, 0.15) is 86.9 Å². The molecule has 1 saturated heterocycles. The molecule has 1 N–H and O–H groups in total. The van der Waals surface area contributed by atoms with Crippen molar-refractivity contribution in [1.29, 1.82) is 0 Å². The normalized spacial score (nSPS) is 21.8. The van der Waals surface area contributed by atoms with Crippen LogP contribution in [-0.2, 0) is 0 Å². The van der Waals surface area contributed by atoms with Gasteiger partial charge in [-0.1, -0.05) is 51.3 Å². The van der Waals surface area contributed by atoms with E-state index in [0.717, 1.165) is 16.5 Å². The Morgan fingerprint density at radius 3 is 2.44 bits per heavy atom. The molecule has 2 aliphatic rings. The molecule has 5 rings (SSSR count). The van der Waals surface area contributed by atoms with E-state index in [2.05, 4.69) is 83.4 Å². The number of rotatable bonds is 5. The summed E-state index contributed by atoms with van der Waals surface area (Å²) in [6.07, 6.45) is 10.6. The quantitative estimate of drug-likeness (QED) is 0.445. The van der Waals surface area contributed by atoms with E-state index in [-0.39, 0.29) is 12.1 Å². The van der Waals surface area contributed by atoms with Gasteiger partial charge >= 0.3 is 0 Å². The van der Waals surface area contributed by atoms with E-state index >= 15 is 0 Å². The number of pyridine rings is 1. The lowest BCUT2D eigenvalue weighted by Gasteiger charge is -2.32. The Hall–Kier alpha value is -2.66. The third kappa shape index (κ3) is 3.95. The van der Waals surface area contributed by atoms with Crippen LogP contribution in [0.3, 0.4) is 0 Å². The molecule has 1 aliphatic carbocycles. The highest BCUT2D eigenvalue weighted by atomic mass is 32.1. The SMILES string of the molecule is CC(C)c1ccc(N2C(=S)N[C@@H](c3ccccn3)[C@H]2c2cccn2C2CCCCC2)cc1. The van der Waals surface area contributed by atoms with E-state index in [0.29, 0.717) is 12.0 Å². The van der Waals surface area contributed by atoms with E-state index in [1.54, 1.807) is 0 Å². The van der Waals surface area contributed by atoms with Gasteiger partial charge in [0.1, 0.15) is 6.04 Å². The predicted molar refractivity (Wildman–Crippen MR) is 135 cm³/mol. The van der Waals surface area contributed by atoms with Gasteiger partial charge in [-0.05, 0) is 72.9 Å². The zero-order chi connectivity index (χ0) is 22.1. The van der Waals surface area contributed by atoms with Crippen LogP contribution in [0.2, 0.25) is 0 Å². The van der Waals surface area contributed by atoms with Crippen molar-refractivity contribution in [2.45, 2.75) is 70.0 Å². The number of aromatic nitrogens is 2. The van der Waals surface area contributed by atoms with Gasteiger partial charge in [0, 0.05) is 29.8 Å². The summed E-state index contributed by atoms with van der Waals surface area (Å²) < 4.78 is 2.52. The average Bonchev–Trinajstić information content (AvgIpc) is 3.44. The molecule has 0 radical (unpaired) electrons. The number of nitrogens with one attached hydrogen (secondary N) is 1. The fourth-order valence-electron chi connectivity index (χ4n) is 5.30. The van der Waals surface area contributed by atoms with E-state index < -0.39 is 0 Å². The lowest BCUT2D eigenvalue weighted by atomic mass is 9.94. The Bertz CT molecular complexity index is 1050. The highest BCUT2D eigenvalue weighted by molar-refractivity contribution is 7.80. The number of hydrogen-bond acceptors (Lipinski definition) is 2. The largest absolute Gasteiger partial charge is 0.351 e. The van der Waals surface area contributed by atoms with Crippen LogP contribution in [0, 0.1) is 0 Å². The van der Waals surface area contributed by atoms with Gasteiger partial charge in [0.05, 0.1) is 11.7 Å². The number of anilines is 1. The van der Waals surface area contributed by atoms with Gasteiger partial charge in [-0.25, -0.2) is 0 Å². The average molecular weight is 445 g/mol. The third-order valence-electron chi connectivity index (χ3n) is 7.02. The zero-order valence-electron chi connectivity index (χ0n) is 18.9. The lowest BCUT2D eigenvalue weighted by molar-refractivity contribution is 0.340. The topological polar surface area (TPSA) is 33.1 Å². The van der Waals surface area contributed by atoms with Gasteiger partial charge in [-0.2, -0.15) is 0 Å². The molecule has 3 heterocycles. The van der Waals surface area contributed by atoms with Crippen molar-refractivity contribution in [3.8, 4) is 0 Å². The second-order valence-electron chi connectivity index (χ2n) is 9.37. The molecular formula is C27H32N4S. The Kier molecular flexibility index (Phi) is 6.01. The number of hydrogen-bond donors (Lipinski definition) is 1. The summed E-state index contributed by atoms with van der Waals surface area (Å²) in [6.45, 7) is 4.46. The number of benzene rings is 1. The second-order valence-corrected chi connectivity index (χ2v) is 9.76. The highest BCUT2D eigenvalue weighted by Crippen LogP contribution is 2.43. The molecule has 1 saturated carbocycles. The van der Waals surface area contributed by atoms with Crippen LogP contribution >= 0.6 is 12.2 Å². The summed E-state index contributed by atoms with van der Waals surface area (Å²) in [7, 11) is 0. The molecule has 5 heteroatoms. The summed E-state index contributed by atoms with van der Waals surface area (Å²) in [5, 5.41) is 4.37. The first-order valence-electron chi connectivity index (χ1n) is 11.9. The summed E-state index contributed by atoms with van der Waals surface area (Å²) in [6, 6.07) is 20.1. The van der Waals surface area contributed by atoms with Crippen LogP contribution in [-0.4, -0.2) is 14.7 Å². The monoisotopic (exact) mass is 444 g/mol. The predicted octanol–water partition coefficient (Wildman–Crippen LogP) is 6.69. The van der Waals surface area contributed by atoms with E-state index in [1.807, 2.05) is 12.3 Å². The molecule has 0 spiro atoms. The minimum atomic E-state index is 0.00529. The zero-order valence-corrected chi connectivity index (χ0v) is 19.8. The van der Waals surface area contributed by atoms with Crippen molar-refractivity contribution in [1.82, 2.24) is 14.9 Å². The van der Waals surface area contributed by atoms with Gasteiger partial charge in [0.2, 0.25) is 0 Å². The highest BCUT2D eigenvalue weighted by Gasteiger charge is 2.42. The molecule has 3 aromatic rings. The molecule has 166 valence electrons. The Morgan fingerprint density at radius 2 is 1.75 bits per heavy atom. The smallest absolute Gasteiger partial charge is 0.174 e. The molecule has 32 heavy (non-hydrogen) atoms. The van der Waals surface area contributed by atoms with E-state index in [4.69, 9.17) is 17.2 Å². The lowest BCUT2D eigenvalue weighted by Crippen LogP contribution is -2.31. The molecule has 0 amide bonds. The van der Waals surface area contributed by atoms with Crippen molar-refractivity contribution in [3.05, 3.63) is 83.9 Å². The van der Waals surface area contributed by atoms with Gasteiger partial charge < -0.3 is 14.8 Å². The maximum Gasteiger partial charge on any atom is 0.174 e. The molecule has 1 aromatic carbocycles. The second kappa shape index (κ2) is 9.07. The van der Waals surface area contributed by atoms with Crippen LogP contribution in [0.4, 0.5) is 5.69 Å². The summed E-state index contributed by atoms with van der Waals surface area (Å²) in [4.78, 5) is 7.00. The molecule has 0 bridgehead atoms. The first kappa shape index (κ1) is 21.2. The summed E-state index contributed by atoms with van der Waals surface area (Å²) >= 11 is 5.91. The van der Waals surface area contributed by atoms with Gasteiger partial charge in [-0.3, -0.25) is 4.98 Å². The van der Waals surface area contributed by atoms with Gasteiger partial charge in [0.25, 0.3) is 0 Å². The number of thiocarbonyl (C=S) groups is 1. The van der Waals surface area contributed by atoms with Crippen molar-refractivity contribution < 1.29 is 0 Å². The van der Waals surface area contributed by atoms with Crippen molar-refractivity contribution >= 4 is 23.0 Å². The standard InChI is InChI=1S/C27H32N4S/c1-19(2)20-13-15-22(16-14-20)31-26(25(29-27(31)32)23-11-6-7-17-28-23)24-12-8-18-30(24)21-9-4-3-5-10-21/h6-8,11-19,21,25-26H,3-5,9-10H2,1-2H3,(H,29,32)/t25-,26+/m0/s1. The van der Waals surface area contributed by atoms with Crippen LogP contribution < -0.4 is 10.2 Å². The Labute approximate surface area is 196 Å². The first-order chi connectivity index (χ1) is 15.6. The summed E-state index contributed by atoms with van der Waals surface area (Å²) in [5.74, 6) is 0.508. The molecule has 2 atom stereocenters. The molecule has 1 aliphatic heterocycles. The minimum absolute atomic E-state index is 0.00529. The fourth-order valence-corrected chi connectivity index (χ4v) is 5.65. The maximum atomic E-state index is 5.91. The Balaban J connectivity index is 1.58. The fraction of sp³-hybridized carbons (Fsp3) is 0.407. The number of nitrogens with zero attached hydrogens (tertiary/aromatic N) is 3. The van der Waals surface area contributed by atoms with Crippen molar-refractivity contribution in [2.24, 2.45) is 0 Å². The van der Waals surface area contributed by atoms with Crippen molar-refractivity contribution in [2.75, 3.05) is 4.90 Å². The van der Waals surface area contributed by atoms with E-state index in [1.165, 1.54) is 43.4 Å². The van der Waals surface area contributed by atoms with Crippen molar-refractivity contribution in [3.63, 3.8) is 0 Å². The molecular weight excluding hydrogens is 412 g/mol. The van der Waals surface area contributed by atoms with Crippen LogP contribution in [0.5, 0.6) is 0 Å². The molecule has 0 unspecified atom stereocenters. The van der Waals surface area contributed by atoms with Gasteiger partial charge in [-0.15, -0.1) is 0 Å². The minimum Gasteiger partial charge on any atom is -0.351 e. The molecule has 2 aromatic heterocycles. The third-order valence-corrected chi connectivity index (χ3v) is 7.33. The summed E-state index contributed by atoms with van der Waals surface area (Å²) in [5.41, 5.74) is 4.81. The maximum absolute atomic E-state index is 5.91. The van der Waals surface area contributed by atoms with Crippen LogP contribution in [0.25, 0.3) is 0 Å². The Morgan fingerprint density at radius 1 is 0.969 bits per heavy atom.